The number of aliphatic hydroxyl groups is 1. The van der Waals surface area contributed by atoms with Crippen molar-refractivity contribution in [2.75, 3.05) is 6.54 Å². The summed E-state index contributed by atoms with van der Waals surface area (Å²) in [5, 5.41) is 14.1. The Morgan fingerprint density at radius 2 is 2.00 bits per heavy atom. The van der Waals surface area contributed by atoms with E-state index in [0.29, 0.717) is 23.1 Å². The molecule has 0 heterocycles. The maximum atomic E-state index is 9.61. The van der Waals surface area contributed by atoms with Crippen LogP contribution >= 0.6 is 23.2 Å². The van der Waals surface area contributed by atoms with Gasteiger partial charge in [-0.15, -0.1) is 0 Å². The molecule has 2 N–H and O–H groups in total. The Morgan fingerprint density at radius 3 is 2.62 bits per heavy atom. The summed E-state index contributed by atoms with van der Waals surface area (Å²) in [5.41, 5.74) is 0.949. The molecule has 90 valence electrons. The fourth-order valence-corrected chi connectivity index (χ4v) is 1.65. The molecule has 0 aliphatic rings. The Kier molecular flexibility index (Phi) is 5.56. The van der Waals surface area contributed by atoms with Crippen molar-refractivity contribution in [3.05, 3.63) is 33.8 Å². The quantitative estimate of drug-likeness (QED) is 0.854. The Balaban J connectivity index is 2.45. The largest absolute Gasteiger partial charge is 0.392 e. The van der Waals surface area contributed by atoms with Crippen molar-refractivity contribution in [1.29, 1.82) is 0 Å². The van der Waals surface area contributed by atoms with Gasteiger partial charge in [-0.25, -0.2) is 0 Å². The number of benzene rings is 1. The molecule has 4 heteroatoms. The molecule has 1 aromatic rings. The van der Waals surface area contributed by atoms with E-state index in [1.54, 1.807) is 12.1 Å². The first-order chi connectivity index (χ1) is 7.50. The van der Waals surface area contributed by atoms with Gasteiger partial charge < -0.3 is 10.4 Å². The van der Waals surface area contributed by atoms with Crippen molar-refractivity contribution in [3.8, 4) is 0 Å². The van der Waals surface area contributed by atoms with E-state index in [2.05, 4.69) is 5.32 Å². The minimum Gasteiger partial charge on any atom is -0.392 e. The van der Waals surface area contributed by atoms with E-state index in [1.807, 2.05) is 19.9 Å². The summed E-state index contributed by atoms with van der Waals surface area (Å²) >= 11 is 11.9. The zero-order valence-electron chi connectivity index (χ0n) is 9.50. The lowest BCUT2D eigenvalue weighted by Crippen LogP contribution is -2.30. The molecule has 0 fully saturated rings. The lowest BCUT2D eigenvalue weighted by atomic mass is 10.1. The molecule has 0 saturated heterocycles. The van der Waals surface area contributed by atoms with Gasteiger partial charge in [0.25, 0.3) is 0 Å². The molecule has 16 heavy (non-hydrogen) atoms. The predicted molar refractivity (Wildman–Crippen MR) is 69.0 cm³/mol. The summed E-state index contributed by atoms with van der Waals surface area (Å²) in [6.07, 6.45) is -0.335. The van der Waals surface area contributed by atoms with Gasteiger partial charge in [-0.1, -0.05) is 37.0 Å². The lowest BCUT2D eigenvalue weighted by molar-refractivity contribution is 0.123. The molecule has 0 bridgehead atoms. The molecule has 0 aliphatic carbocycles. The first-order valence-electron chi connectivity index (χ1n) is 5.33. The highest BCUT2D eigenvalue weighted by Crippen LogP contribution is 2.20. The van der Waals surface area contributed by atoms with Crippen molar-refractivity contribution >= 4 is 23.2 Å². The monoisotopic (exact) mass is 261 g/mol. The van der Waals surface area contributed by atoms with Gasteiger partial charge in [-0.05, 0) is 29.7 Å². The molecule has 0 saturated carbocycles. The van der Waals surface area contributed by atoms with Crippen molar-refractivity contribution < 1.29 is 5.11 Å². The average Bonchev–Trinajstić information content (AvgIpc) is 2.22. The molecule has 1 unspecified atom stereocenters. The van der Waals surface area contributed by atoms with E-state index < -0.39 is 0 Å². The highest BCUT2D eigenvalue weighted by Gasteiger charge is 2.08. The highest BCUT2D eigenvalue weighted by atomic mass is 35.5. The predicted octanol–water partition coefficient (Wildman–Crippen LogP) is 3.10. The first-order valence-corrected chi connectivity index (χ1v) is 6.09. The van der Waals surface area contributed by atoms with Crippen molar-refractivity contribution in [2.45, 2.75) is 26.5 Å². The van der Waals surface area contributed by atoms with Crippen LogP contribution in [0.3, 0.4) is 0 Å². The molecule has 2 nitrogen and oxygen atoms in total. The van der Waals surface area contributed by atoms with E-state index in [4.69, 9.17) is 23.2 Å². The van der Waals surface area contributed by atoms with Crippen LogP contribution in [0, 0.1) is 5.92 Å². The van der Waals surface area contributed by atoms with Crippen molar-refractivity contribution in [3.63, 3.8) is 0 Å². The van der Waals surface area contributed by atoms with E-state index >= 15 is 0 Å². The Hall–Kier alpha value is -0.280. The third-order valence-corrected chi connectivity index (χ3v) is 3.05. The summed E-state index contributed by atoms with van der Waals surface area (Å²) in [5.74, 6) is 0.252. The molecule has 1 rings (SSSR count). The van der Waals surface area contributed by atoms with Gasteiger partial charge in [0.1, 0.15) is 0 Å². The normalized spacial score (nSPS) is 13.1. The standard InChI is InChI=1S/C12H17Cl2NO/c1-8(2)12(16)7-15-6-9-5-10(13)3-4-11(9)14/h3-5,8,12,15-16H,6-7H2,1-2H3. The fourth-order valence-electron chi connectivity index (χ4n) is 1.27. The molecular formula is C12H17Cl2NO. The van der Waals surface area contributed by atoms with Crippen LogP contribution in [0.2, 0.25) is 10.0 Å². The molecule has 0 aliphatic heterocycles. The van der Waals surface area contributed by atoms with E-state index in [9.17, 15) is 5.11 Å². The fraction of sp³-hybridized carbons (Fsp3) is 0.500. The topological polar surface area (TPSA) is 32.3 Å². The Morgan fingerprint density at radius 1 is 1.31 bits per heavy atom. The minimum absolute atomic E-state index is 0.252. The number of halogens is 2. The zero-order valence-corrected chi connectivity index (χ0v) is 11.0. The average molecular weight is 262 g/mol. The molecule has 0 radical (unpaired) electrons. The maximum Gasteiger partial charge on any atom is 0.0687 e. The van der Waals surface area contributed by atoms with E-state index in [1.165, 1.54) is 0 Å². The van der Waals surface area contributed by atoms with Gasteiger partial charge in [-0.2, -0.15) is 0 Å². The minimum atomic E-state index is -0.335. The summed E-state index contributed by atoms with van der Waals surface area (Å²) in [7, 11) is 0. The van der Waals surface area contributed by atoms with Crippen LogP contribution in [0.25, 0.3) is 0 Å². The summed E-state index contributed by atoms with van der Waals surface area (Å²) in [6, 6.07) is 5.37. The van der Waals surface area contributed by atoms with Crippen LogP contribution < -0.4 is 5.32 Å². The molecule has 0 aromatic heterocycles. The lowest BCUT2D eigenvalue weighted by Gasteiger charge is -2.15. The van der Waals surface area contributed by atoms with E-state index in [-0.39, 0.29) is 12.0 Å². The van der Waals surface area contributed by atoms with Crippen LogP contribution in [-0.2, 0) is 6.54 Å². The zero-order chi connectivity index (χ0) is 12.1. The van der Waals surface area contributed by atoms with Gasteiger partial charge in [0, 0.05) is 23.1 Å². The van der Waals surface area contributed by atoms with Gasteiger partial charge in [0.05, 0.1) is 6.10 Å². The Labute approximate surface area is 107 Å². The van der Waals surface area contributed by atoms with Gasteiger partial charge in [0.2, 0.25) is 0 Å². The van der Waals surface area contributed by atoms with Gasteiger partial charge >= 0.3 is 0 Å². The molecule has 0 amide bonds. The summed E-state index contributed by atoms with van der Waals surface area (Å²) in [4.78, 5) is 0. The molecular weight excluding hydrogens is 245 g/mol. The number of rotatable bonds is 5. The second-order valence-electron chi connectivity index (χ2n) is 4.18. The van der Waals surface area contributed by atoms with Crippen LogP contribution in [0.1, 0.15) is 19.4 Å². The van der Waals surface area contributed by atoms with Crippen LogP contribution in [-0.4, -0.2) is 17.8 Å². The number of aliphatic hydroxyl groups excluding tert-OH is 1. The van der Waals surface area contributed by atoms with Crippen LogP contribution in [0.15, 0.2) is 18.2 Å². The third-order valence-electron chi connectivity index (χ3n) is 2.45. The van der Waals surface area contributed by atoms with Crippen molar-refractivity contribution in [1.82, 2.24) is 5.32 Å². The second kappa shape index (κ2) is 6.45. The van der Waals surface area contributed by atoms with Crippen molar-refractivity contribution in [2.24, 2.45) is 5.92 Å². The summed E-state index contributed by atoms with van der Waals surface area (Å²) < 4.78 is 0. The molecule has 1 aromatic carbocycles. The second-order valence-corrected chi connectivity index (χ2v) is 5.02. The van der Waals surface area contributed by atoms with Crippen LogP contribution in [0.5, 0.6) is 0 Å². The molecule has 1 atom stereocenters. The highest BCUT2D eigenvalue weighted by molar-refractivity contribution is 6.33. The maximum absolute atomic E-state index is 9.61. The van der Waals surface area contributed by atoms with E-state index in [0.717, 1.165) is 5.56 Å². The molecule has 0 spiro atoms. The number of hydrogen-bond acceptors (Lipinski definition) is 2. The Bertz CT molecular complexity index is 342. The van der Waals surface area contributed by atoms with Crippen LogP contribution in [0.4, 0.5) is 0 Å². The third kappa shape index (κ3) is 4.30. The number of nitrogens with one attached hydrogen (secondary N) is 1. The summed E-state index contributed by atoms with van der Waals surface area (Å²) in [6.45, 7) is 5.14. The smallest absolute Gasteiger partial charge is 0.0687 e. The first kappa shape index (κ1) is 13.8. The SMILES string of the molecule is CC(C)C(O)CNCc1cc(Cl)ccc1Cl. The van der Waals surface area contributed by atoms with Gasteiger partial charge in [0.15, 0.2) is 0 Å². The number of hydrogen-bond donors (Lipinski definition) is 2. The van der Waals surface area contributed by atoms with Gasteiger partial charge in [-0.3, -0.25) is 0 Å².